The average Bonchev–Trinajstić information content (AvgIpc) is 3.02. The second-order valence-corrected chi connectivity index (χ2v) is 6.77. The molecule has 6 nitrogen and oxygen atoms in total. The molecule has 25 heavy (non-hydrogen) atoms. The van der Waals surface area contributed by atoms with Gasteiger partial charge in [0.15, 0.2) is 11.0 Å². The summed E-state index contributed by atoms with van der Waals surface area (Å²) in [5.41, 5.74) is 9.58. The zero-order chi connectivity index (χ0) is 17.8. The van der Waals surface area contributed by atoms with Crippen LogP contribution < -0.4 is 5.73 Å². The molecule has 2 aromatic heterocycles. The molecule has 0 aliphatic carbocycles. The summed E-state index contributed by atoms with van der Waals surface area (Å²) in [6, 6.07) is 10.0. The Hall–Kier alpha value is -2.67. The quantitative estimate of drug-likeness (QED) is 0.689. The molecule has 0 radical (unpaired) electrons. The zero-order valence-corrected chi connectivity index (χ0v) is 15.0. The zero-order valence-electron chi connectivity index (χ0n) is 14.1. The Balaban J connectivity index is 2.06. The number of rotatable bonds is 6. The second kappa shape index (κ2) is 7.48. The first kappa shape index (κ1) is 17.2. The maximum atomic E-state index is 11.0. The molecule has 128 valence electrons. The number of carbonyl (C=O) groups excluding carboxylic acids is 1. The molecule has 1 aromatic carbocycles. The van der Waals surface area contributed by atoms with Crippen LogP contribution in [0.3, 0.4) is 0 Å². The number of aryl methyl sites for hydroxylation is 2. The van der Waals surface area contributed by atoms with Crippen LogP contribution in [0.4, 0.5) is 0 Å². The topological polar surface area (TPSA) is 86.7 Å². The van der Waals surface area contributed by atoms with E-state index in [9.17, 15) is 4.79 Å². The molecule has 0 bridgehead atoms. The van der Waals surface area contributed by atoms with Crippen LogP contribution in [0.25, 0.3) is 17.1 Å². The van der Waals surface area contributed by atoms with E-state index in [1.165, 1.54) is 22.9 Å². The highest BCUT2D eigenvalue weighted by Crippen LogP contribution is 2.28. The van der Waals surface area contributed by atoms with Gasteiger partial charge >= 0.3 is 0 Å². The van der Waals surface area contributed by atoms with Crippen molar-refractivity contribution in [2.45, 2.75) is 25.4 Å². The first-order valence-electron chi connectivity index (χ1n) is 7.91. The van der Waals surface area contributed by atoms with Gasteiger partial charge < -0.3 is 5.73 Å². The summed E-state index contributed by atoms with van der Waals surface area (Å²) in [5, 5.41) is 9.41. The van der Waals surface area contributed by atoms with Gasteiger partial charge in [-0.25, -0.2) is 0 Å². The van der Waals surface area contributed by atoms with Crippen LogP contribution in [0.1, 0.15) is 17.5 Å². The SMILES string of the molecule is Cc1ccc(-n2c(SCCC(N)=O)nnc2-c2ccncc2)cc1C. The predicted molar refractivity (Wildman–Crippen MR) is 98.6 cm³/mol. The van der Waals surface area contributed by atoms with Gasteiger partial charge in [-0.2, -0.15) is 0 Å². The molecule has 1 amide bonds. The molecule has 3 rings (SSSR count). The third-order valence-corrected chi connectivity index (χ3v) is 4.83. The van der Waals surface area contributed by atoms with E-state index in [4.69, 9.17) is 5.73 Å². The number of hydrogen-bond donors (Lipinski definition) is 1. The summed E-state index contributed by atoms with van der Waals surface area (Å²) < 4.78 is 2.01. The van der Waals surface area contributed by atoms with Gasteiger partial charge in [0.05, 0.1) is 5.69 Å². The number of nitrogens with two attached hydrogens (primary N) is 1. The van der Waals surface area contributed by atoms with Crippen LogP contribution in [0.15, 0.2) is 47.9 Å². The summed E-state index contributed by atoms with van der Waals surface area (Å²) in [6.45, 7) is 4.16. The number of hydrogen-bond acceptors (Lipinski definition) is 5. The Bertz CT molecular complexity index is 892. The molecule has 7 heteroatoms. The van der Waals surface area contributed by atoms with Gasteiger partial charge in [-0.1, -0.05) is 17.8 Å². The Morgan fingerprint density at radius 3 is 2.56 bits per heavy atom. The largest absolute Gasteiger partial charge is 0.370 e. The van der Waals surface area contributed by atoms with Gasteiger partial charge in [0.25, 0.3) is 0 Å². The van der Waals surface area contributed by atoms with Crippen molar-refractivity contribution >= 4 is 17.7 Å². The Morgan fingerprint density at radius 2 is 1.88 bits per heavy atom. The fraction of sp³-hybridized carbons (Fsp3) is 0.222. The van der Waals surface area contributed by atoms with Crippen LogP contribution in [0.5, 0.6) is 0 Å². The molecule has 0 aliphatic rings. The van der Waals surface area contributed by atoms with E-state index in [-0.39, 0.29) is 5.91 Å². The molecule has 0 fully saturated rings. The van der Waals surface area contributed by atoms with Crippen molar-refractivity contribution in [3.05, 3.63) is 53.9 Å². The van der Waals surface area contributed by atoms with Gasteiger partial charge in [-0.3, -0.25) is 14.3 Å². The highest BCUT2D eigenvalue weighted by Gasteiger charge is 2.16. The lowest BCUT2D eigenvalue weighted by atomic mass is 10.1. The maximum absolute atomic E-state index is 11.0. The van der Waals surface area contributed by atoms with Crippen molar-refractivity contribution in [1.29, 1.82) is 0 Å². The lowest BCUT2D eigenvalue weighted by Crippen LogP contribution is -2.11. The van der Waals surface area contributed by atoms with Crippen LogP contribution in [0, 0.1) is 13.8 Å². The van der Waals surface area contributed by atoms with E-state index in [1.807, 2.05) is 16.7 Å². The molecule has 0 spiro atoms. The Kier molecular flexibility index (Phi) is 5.14. The molecular formula is C18H19N5OS. The van der Waals surface area contributed by atoms with Crippen molar-refractivity contribution < 1.29 is 4.79 Å². The Morgan fingerprint density at radius 1 is 1.12 bits per heavy atom. The number of nitrogens with zero attached hydrogens (tertiary/aromatic N) is 4. The van der Waals surface area contributed by atoms with E-state index >= 15 is 0 Å². The van der Waals surface area contributed by atoms with Crippen molar-refractivity contribution in [3.8, 4) is 17.1 Å². The number of carbonyl (C=O) groups is 1. The van der Waals surface area contributed by atoms with Crippen molar-refractivity contribution in [2.75, 3.05) is 5.75 Å². The maximum Gasteiger partial charge on any atom is 0.218 e. The number of aromatic nitrogens is 4. The van der Waals surface area contributed by atoms with E-state index < -0.39 is 0 Å². The van der Waals surface area contributed by atoms with Gasteiger partial charge in [-0.15, -0.1) is 10.2 Å². The van der Waals surface area contributed by atoms with Crippen LogP contribution in [-0.4, -0.2) is 31.4 Å². The summed E-state index contributed by atoms with van der Waals surface area (Å²) in [4.78, 5) is 15.1. The molecule has 2 heterocycles. The molecule has 0 aliphatic heterocycles. The Labute approximate surface area is 150 Å². The average molecular weight is 353 g/mol. The number of thioether (sulfide) groups is 1. The van der Waals surface area contributed by atoms with Gasteiger partial charge in [0.2, 0.25) is 5.91 Å². The molecule has 0 saturated carbocycles. The minimum atomic E-state index is -0.320. The molecule has 0 atom stereocenters. The standard InChI is InChI=1S/C18H19N5OS/c1-12-3-4-15(11-13(12)2)23-17(14-5-8-20-9-6-14)21-22-18(23)25-10-7-16(19)24/h3-6,8-9,11H,7,10H2,1-2H3,(H2,19,24). The molecule has 2 N–H and O–H groups in total. The predicted octanol–water partition coefficient (Wildman–Crippen LogP) is 2.91. The smallest absolute Gasteiger partial charge is 0.218 e. The van der Waals surface area contributed by atoms with Crippen LogP contribution in [0.2, 0.25) is 0 Å². The lowest BCUT2D eigenvalue weighted by molar-refractivity contribution is -0.117. The minimum Gasteiger partial charge on any atom is -0.370 e. The fourth-order valence-electron chi connectivity index (χ4n) is 2.39. The summed E-state index contributed by atoms with van der Waals surface area (Å²) >= 11 is 1.47. The second-order valence-electron chi connectivity index (χ2n) is 5.71. The first-order chi connectivity index (χ1) is 12.1. The van der Waals surface area contributed by atoms with Gasteiger partial charge in [0, 0.05) is 30.1 Å². The number of amides is 1. The van der Waals surface area contributed by atoms with Crippen molar-refractivity contribution in [3.63, 3.8) is 0 Å². The monoisotopic (exact) mass is 353 g/mol. The van der Waals surface area contributed by atoms with Crippen molar-refractivity contribution in [2.24, 2.45) is 5.73 Å². The van der Waals surface area contributed by atoms with Crippen LogP contribution in [-0.2, 0) is 4.79 Å². The number of primary amides is 1. The summed E-state index contributed by atoms with van der Waals surface area (Å²) in [7, 11) is 0. The van der Waals surface area contributed by atoms with E-state index in [2.05, 4.69) is 47.2 Å². The summed E-state index contributed by atoms with van der Waals surface area (Å²) in [5.74, 6) is 0.987. The van der Waals surface area contributed by atoms with Crippen LogP contribution >= 0.6 is 11.8 Å². The lowest BCUT2D eigenvalue weighted by Gasteiger charge is -2.12. The molecular weight excluding hydrogens is 334 g/mol. The van der Waals surface area contributed by atoms with Gasteiger partial charge in [0.1, 0.15) is 0 Å². The van der Waals surface area contributed by atoms with Gasteiger partial charge in [-0.05, 0) is 49.2 Å². The third-order valence-electron chi connectivity index (χ3n) is 3.90. The highest BCUT2D eigenvalue weighted by molar-refractivity contribution is 7.99. The normalized spacial score (nSPS) is 10.8. The first-order valence-corrected chi connectivity index (χ1v) is 8.89. The molecule has 0 unspecified atom stereocenters. The molecule has 3 aromatic rings. The fourth-order valence-corrected chi connectivity index (χ4v) is 3.30. The van der Waals surface area contributed by atoms with E-state index in [0.717, 1.165) is 22.2 Å². The van der Waals surface area contributed by atoms with Crippen molar-refractivity contribution in [1.82, 2.24) is 19.7 Å². The van der Waals surface area contributed by atoms with E-state index in [1.54, 1.807) is 12.4 Å². The summed E-state index contributed by atoms with van der Waals surface area (Å²) in [6.07, 6.45) is 3.76. The number of pyridine rings is 1. The van der Waals surface area contributed by atoms with E-state index in [0.29, 0.717) is 12.2 Å². The number of benzene rings is 1. The highest BCUT2D eigenvalue weighted by atomic mass is 32.2. The minimum absolute atomic E-state index is 0.301. The third kappa shape index (κ3) is 3.88. The molecule has 0 saturated heterocycles.